The summed E-state index contributed by atoms with van der Waals surface area (Å²) < 4.78 is 11.9. The number of nitrogens with zero attached hydrogens (tertiary/aromatic N) is 5. The third-order valence-corrected chi connectivity index (χ3v) is 9.25. The average molecular weight is 662 g/mol. The van der Waals surface area contributed by atoms with Crippen LogP contribution in [0, 0.1) is 0 Å². The number of halogens is 1. The second-order valence-electron chi connectivity index (χ2n) is 9.44. The lowest BCUT2D eigenvalue weighted by molar-refractivity contribution is -0.151. The largest absolute Gasteiger partial charge is 0.477 e. The zero-order valence-electron chi connectivity index (χ0n) is 22.8. The molecule has 0 spiro atoms. The highest BCUT2D eigenvalue weighted by atomic mass is 35.5. The maximum absolute atomic E-state index is 13.5. The first-order valence-corrected chi connectivity index (χ1v) is 15.4. The van der Waals surface area contributed by atoms with Crippen LogP contribution in [0.25, 0.3) is 0 Å². The van der Waals surface area contributed by atoms with Crippen LogP contribution in [0.2, 0.25) is 0 Å². The molecule has 3 atom stereocenters. The number of carbonyl (C=O) groups excluding carboxylic acids is 3. The molecule has 2 aliphatic rings. The summed E-state index contributed by atoms with van der Waals surface area (Å²) in [6.07, 6.45) is 1.04. The molecule has 0 saturated carbocycles. The first kappa shape index (κ1) is 31.1. The third-order valence-electron chi connectivity index (χ3n) is 6.55. The Morgan fingerprint density at radius 2 is 2.05 bits per heavy atom. The van der Waals surface area contributed by atoms with Crippen molar-refractivity contribution in [3.05, 3.63) is 75.5 Å². The Morgan fingerprint density at radius 3 is 2.70 bits per heavy atom. The molecule has 3 N–H and O–H groups in total. The summed E-state index contributed by atoms with van der Waals surface area (Å²) in [5.41, 5.74) is 0.274. The molecule has 3 aromatic rings. The van der Waals surface area contributed by atoms with E-state index in [2.05, 4.69) is 26.2 Å². The molecule has 2 aliphatic heterocycles. The Balaban J connectivity index is 1.26. The van der Waals surface area contributed by atoms with Gasteiger partial charge in [0.25, 0.3) is 11.8 Å². The maximum atomic E-state index is 13.5. The first-order valence-electron chi connectivity index (χ1n) is 12.9. The fraction of sp³-hybridized carbons (Fsp3) is 0.308. The lowest BCUT2D eigenvalue weighted by Gasteiger charge is -2.49. The Hall–Kier alpha value is -4.35. The summed E-state index contributed by atoms with van der Waals surface area (Å²) >= 11 is 8.20. The van der Waals surface area contributed by atoms with Crippen LogP contribution in [0.5, 0.6) is 5.75 Å². The Bertz CT molecular complexity index is 1680. The van der Waals surface area contributed by atoms with E-state index in [4.69, 9.17) is 20.8 Å². The van der Waals surface area contributed by atoms with Gasteiger partial charge in [0.1, 0.15) is 35.2 Å². The molecule has 44 heavy (non-hydrogen) atoms. The number of aliphatic carboxylic acids is 1. The van der Waals surface area contributed by atoms with Crippen molar-refractivity contribution >= 4 is 58.8 Å². The Kier molecular flexibility index (Phi) is 9.55. The van der Waals surface area contributed by atoms with E-state index in [1.165, 1.54) is 28.2 Å². The minimum atomic E-state index is -1.26. The molecule has 1 saturated heterocycles. The van der Waals surface area contributed by atoms with E-state index in [9.17, 15) is 29.1 Å². The van der Waals surface area contributed by atoms with Gasteiger partial charge in [0, 0.05) is 24.6 Å². The smallest absolute Gasteiger partial charge is 0.352 e. The average Bonchev–Trinajstić information content (AvgIpc) is 3.44. The van der Waals surface area contributed by atoms with Crippen LogP contribution in [-0.2, 0) is 32.1 Å². The zero-order valence-corrected chi connectivity index (χ0v) is 25.2. The fourth-order valence-corrected chi connectivity index (χ4v) is 6.91. The van der Waals surface area contributed by atoms with E-state index < -0.39 is 53.2 Å². The lowest BCUT2D eigenvalue weighted by Crippen LogP contribution is -2.71. The molecule has 2 aromatic heterocycles. The summed E-state index contributed by atoms with van der Waals surface area (Å²) in [5.74, 6) is -2.71. The van der Waals surface area contributed by atoms with Crippen LogP contribution < -0.4 is 20.8 Å². The molecular formula is C26H24ClN7O8S2. The van der Waals surface area contributed by atoms with Gasteiger partial charge in [-0.25, -0.2) is 9.48 Å². The number of hydrogen-bond acceptors (Lipinski definition) is 12. The number of alkyl halides is 1. The van der Waals surface area contributed by atoms with Gasteiger partial charge >= 0.3 is 5.97 Å². The van der Waals surface area contributed by atoms with E-state index in [0.717, 1.165) is 17.2 Å². The molecule has 1 aromatic carbocycles. The molecule has 15 nitrogen and oxygen atoms in total. The molecule has 1 fully saturated rings. The second-order valence-corrected chi connectivity index (χ2v) is 11.8. The number of rotatable bonds is 12. The van der Waals surface area contributed by atoms with Crippen LogP contribution in [-0.4, -0.2) is 83.4 Å². The van der Waals surface area contributed by atoms with Gasteiger partial charge in [0.05, 0.1) is 5.88 Å². The number of benzene rings is 1. The summed E-state index contributed by atoms with van der Waals surface area (Å²) in [7, 11) is 1.66. The van der Waals surface area contributed by atoms with Crippen LogP contribution in [0.15, 0.2) is 68.3 Å². The summed E-state index contributed by atoms with van der Waals surface area (Å²) in [5, 5.41) is 26.2. The van der Waals surface area contributed by atoms with Crippen molar-refractivity contribution in [1.29, 1.82) is 0 Å². The Morgan fingerprint density at radius 1 is 1.27 bits per heavy atom. The van der Waals surface area contributed by atoms with Crippen molar-refractivity contribution in [2.75, 3.05) is 18.1 Å². The number of β-lactam (4-membered cyclic amide) rings is 1. The molecule has 230 valence electrons. The van der Waals surface area contributed by atoms with Crippen LogP contribution in [0.4, 0.5) is 0 Å². The van der Waals surface area contributed by atoms with E-state index in [-0.39, 0.29) is 28.8 Å². The standard InChI is InChI=1S/C26H24ClN7O8S2/c1-33-26(30-31-32-33)44-12-14-11-43-24-20(23(38)34(24)21(14)25(39)40)29-22(37)19(13-5-3-2-4-6-13)28-18(36)10-42-17-9-41-15(8-27)7-16(17)35/h2-7,9,19-20,24H,8,10-12H2,1H3,(H,28,36)(H,29,37)(H,39,40)/t19?,20?,24-/m1/s1. The number of carbonyl (C=O) groups is 4. The molecule has 18 heteroatoms. The molecule has 0 radical (unpaired) electrons. The number of fused-ring (bicyclic) bond motifs is 1. The highest BCUT2D eigenvalue weighted by Crippen LogP contribution is 2.41. The van der Waals surface area contributed by atoms with Gasteiger partial charge in [-0.15, -0.1) is 28.5 Å². The van der Waals surface area contributed by atoms with E-state index in [1.54, 1.807) is 37.4 Å². The number of ether oxygens (including phenoxy) is 1. The molecule has 4 heterocycles. The number of aromatic nitrogens is 4. The van der Waals surface area contributed by atoms with Crippen molar-refractivity contribution in [3.8, 4) is 5.75 Å². The summed E-state index contributed by atoms with van der Waals surface area (Å²) in [4.78, 5) is 64.9. The highest BCUT2D eigenvalue weighted by Gasteiger charge is 2.54. The summed E-state index contributed by atoms with van der Waals surface area (Å²) in [6, 6.07) is 7.22. The predicted octanol–water partition coefficient (Wildman–Crippen LogP) is 0.669. The van der Waals surface area contributed by atoms with Crippen molar-refractivity contribution in [2.24, 2.45) is 7.05 Å². The number of thioether (sulfide) groups is 2. The molecule has 5 rings (SSSR count). The van der Waals surface area contributed by atoms with Crippen molar-refractivity contribution in [1.82, 2.24) is 35.7 Å². The molecule has 0 aliphatic carbocycles. The zero-order chi connectivity index (χ0) is 31.4. The number of hydrogen-bond donors (Lipinski definition) is 3. The van der Waals surface area contributed by atoms with Gasteiger partial charge in [-0.1, -0.05) is 42.1 Å². The number of tetrazole rings is 1. The highest BCUT2D eigenvalue weighted by molar-refractivity contribution is 8.01. The van der Waals surface area contributed by atoms with E-state index in [1.807, 2.05) is 0 Å². The Labute approximate surface area is 262 Å². The number of amides is 3. The molecule has 2 unspecified atom stereocenters. The topological polar surface area (TPSA) is 199 Å². The fourth-order valence-electron chi connectivity index (χ4n) is 4.43. The monoisotopic (exact) mass is 661 g/mol. The van der Waals surface area contributed by atoms with Gasteiger partial charge < -0.3 is 24.9 Å². The minimum absolute atomic E-state index is 0.0135. The van der Waals surface area contributed by atoms with E-state index in [0.29, 0.717) is 22.0 Å². The van der Waals surface area contributed by atoms with Crippen molar-refractivity contribution < 1.29 is 33.4 Å². The van der Waals surface area contributed by atoms with Crippen LogP contribution >= 0.6 is 35.1 Å². The van der Waals surface area contributed by atoms with Crippen molar-refractivity contribution in [3.63, 3.8) is 0 Å². The lowest BCUT2D eigenvalue weighted by atomic mass is 10.0. The summed E-state index contributed by atoms with van der Waals surface area (Å²) in [6.45, 7) is -0.603. The number of aryl methyl sites for hydroxylation is 1. The second kappa shape index (κ2) is 13.5. The SMILES string of the molecule is Cn1nnnc1SCC1=C(C(=O)O)N2C(=O)C(NC(=O)C(NC(=O)COc3coc(CCl)cc3=O)c3ccccc3)[C@H]2SC1. The van der Waals surface area contributed by atoms with Gasteiger partial charge in [-0.2, -0.15) is 0 Å². The molecule has 0 bridgehead atoms. The maximum Gasteiger partial charge on any atom is 0.352 e. The number of carboxylic acids is 1. The van der Waals surface area contributed by atoms with Crippen LogP contribution in [0.3, 0.4) is 0 Å². The quantitative estimate of drug-likeness (QED) is 0.139. The van der Waals surface area contributed by atoms with E-state index >= 15 is 0 Å². The first-order chi connectivity index (χ1) is 21.2. The van der Waals surface area contributed by atoms with Gasteiger partial charge in [0.15, 0.2) is 6.61 Å². The third kappa shape index (κ3) is 6.58. The van der Waals surface area contributed by atoms with Gasteiger partial charge in [-0.3, -0.25) is 24.1 Å². The number of nitrogens with one attached hydrogen (secondary N) is 2. The van der Waals surface area contributed by atoms with Gasteiger partial charge in [0.2, 0.25) is 22.2 Å². The molecular weight excluding hydrogens is 638 g/mol. The van der Waals surface area contributed by atoms with Crippen LogP contribution in [0.1, 0.15) is 17.4 Å². The number of carboxylic acid groups (broad SMARTS) is 1. The predicted molar refractivity (Wildman–Crippen MR) is 157 cm³/mol. The minimum Gasteiger partial charge on any atom is -0.477 e. The van der Waals surface area contributed by atoms with Crippen molar-refractivity contribution in [2.45, 2.75) is 28.5 Å². The normalized spacial score (nSPS) is 18.2. The van der Waals surface area contributed by atoms with Gasteiger partial charge in [-0.05, 0) is 21.6 Å². The molecule has 3 amide bonds.